The van der Waals surface area contributed by atoms with Gasteiger partial charge in [-0.25, -0.2) is 4.79 Å². The molecule has 1 aromatic carbocycles. The van der Waals surface area contributed by atoms with E-state index in [-0.39, 0.29) is 12.4 Å². The Balaban J connectivity index is 3.57. The number of esters is 1. The maximum absolute atomic E-state index is 12.9. The summed E-state index contributed by atoms with van der Waals surface area (Å²) < 4.78 is 48.1. The molecule has 1 rings (SSSR count). The normalized spacial score (nSPS) is 10.7. The molecule has 0 spiro atoms. The molecule has 1 aromatic rings. The third kappa shape index (κ3) is 3.16. The predicted molar refractivity (Wildman–Crippen MR) is 58.7 cm³/mol. The Morgan fingerprint density at radius 1 is 1.42 bits per heavy atom. The van der Waals surface area contributed by atoms with Gasteiger partial charge in [-0.3, -0.25) is 0 Å². The molecule has 0 atom stereocenters. The van der Waals surface area contributed by atoms with Crippen LogP contribution in [0.3, 0.4) is 0 Å². The van der Waals surface area contributed by atoms with Crippen molar-refractivity contribution in [1.29, 1.82) is 5.26 Å². The molecule has 4 nitrogen and oxygen atoms in total. The molecule has 0 heterocycles. The summed E-state index contributed by atoms with van der Waals surface area (Å²) in [6.07, 6.45) is -4.83. The Morgan fingerprint density at radius 3 is 2.47 bits per heavy atom. The number of carbonyl (C=O) groups is 1. The Hall–Kier alpha value is -2.23. The largest absolute Gasteiger partial charge is 0.497 e. The van der Waals surface area contributed by atoms with Crippen LogP contribution in [0.2, 0.25) is 0 Å². The van der Waals surface area contributed by atoms with Gasteiger partial charge in [0.05, 0.1) is 36.5 Å². The molecule has 19 heavy (non-hydrogen) atoms. The summed E-state index contributed by atoms with van der Waals surface area (Å²) in [5.41, 5.74) is -2.73. The van der Waals surface area contributed by atoms with Crippen LogP contribution in [0.5, 0.6) is 5.75 Å². The van der Waals surface area contributed by atoms with Crippen molar-refractivity contribution in [3.8, 4) is 11.8 Å². The maximum Gasteiger partial charge on any atom is 0.418 e. The first-order valence-electron chi connectivity index (χ1n) is 5.21. The highest BCUT2D eigenvalue weighted by atomic mass is 19.4. The molecule has 0 aromatic heterocycles. The van der Waals surface area contributed by atoms with Gasteiger partial charge in [0.1, 0.15) is 5.75 Å². The lowest BCUT2D eigenvalue weighted by Crippen LogP contribution is -2.17. The van der Waals surface area contributed by atoms with E-state index in [4.69, 9.17) is 10.00 Å². The lowest BCUT2D eigenvalue weighted by atomic mass is 10.0. The zero-order valence-corrected chi connectivity index (χ0v) is 10.2. The van der Waals surface area contributed by atoms with E-state index < -0.39 is 28.8 Å². The van der Waals surface area contributed by atoms with Crippen LogP contribution in [0.25, 0.3) is 0 Å². The SMILES string of the molecule is CCOC(=O)c1cc(OC)cc(C#N)c1C(F)(F)F. The van der Waals surface area contributed by atoms with E-state index in [1.807, 2.05) is 0 Å². The summed E-state index contributed by atoms with van der Waals surface area (Å²) in [5.74, 6) is -1.17. The van der Waals surface area contributed by atoms with Crippen LogP contribution >= 0.6 is 0 Å². The molecule has 0 amide bonds. The number of carbonyl (C=O) groups excluding carboxylic acids is 1. The fourth-order valence-electron chi connectivity index (χ4n) is 1.50. The minimum absolute atomic E-state index is 0.0207. The van der Waals surface area contributed by atoms with Gasteiger partial charge in [0.25, 0.3) is 0 Å². The maximum atomic E-state index is 12.9. The molecule has 0 aliphatic carbocycles. The minimum atomic E-state index is -4.83. The third-order valence-corrected chi connectivity index (χ3v) is 2.25. The van der Waals surface area contributed by atoms with Crippen LogP contribution in [0.15, 0.2) is 12.1 Å². The lowest BCUT2D eigenvalue weighted by Gasteiger charge is -2.15. The molecular weight excluding hydrogens is 263 g/mol. The smallest absolute Gasteiger partial charge is 0.418 e. The average Bonchev–Trinajstić information content (AvgIpc) is 2.36. The molecule has 0 N–H and O–H groups in total. The molecule has 0 bridgehead atoms. The number of halogens is 3. The van der Waals surface area contributed by atoms with Crippen LogP contribution < -0.4 is 4.74 Å². The van der Waals surface area contributed by atoms with Crippen molar-refractivity contribution in [2.45, 2.75) is 13.1 Å². The van der Waals surface area contributed by atoms with Crippen molar-refractivity contribution in [3.05, 3.63) is 28.8 Å². The first-order valence-corrected chi connectivity index (χ1v) is 5.21. The number of hydrogen-bond donors (Lipinski definition) is 0. The molecule has 0 saturated carbocycles. The van der Waals surface area contributed by atoms with Gasteiger partial charge in [-0.05, 0) is 19.1 Å². The number of hydrogen-bond acceptors (Lipinski definition) is 4. The molecule has 0 fully saturated rings. The molecule has 0 unspecified atom stereocenters. The van der Waals surface area contributed by atoms with Crippen molar-refractivity contribution in [3.63, 3.8) is 0 Å². The summed E-state index contributed by atoms with van der Waals surface area (Å²) in [6, 6.07) is 3.23. The van der Waals surface area contributed by atoms with E-state index in [0.29, 0.717) is 0 Å². The lowest BCUT2D eigenvalue weighted by molar-refractivity contribution is -0.138. The Labute approximate surface area is 107 Å². The standard InChI is InChI=1S/C12H10F3NO3/c1-3-19-11(17)9-5-8(18-2)4-7(6-16)10(9)12(13,14)15/h4-5H,3H2,1-2H3. The topological polar surface area (TPSA) is 59.3 Å². The second kappa shape index (κ2) is 5.61. The highest BCUT2D eigenvalue weighted by Crippen LogP contribution is 2.37. The number of benzene rings is 1. The van der Waals surface area contributed by atoms with E-state index in [1.54, 1.807) is 0 Å². The van der Waals surface area contributed by atoms with Crippen LogP contribution in [-0.4, -0.2) is 19.7 Å². The van der Waals surface area contributed by atoms with Crippen molar-refractivity contribution >= 4 is 5.97 Å². The number of rotatable bonds is 3. The van der Waals surface area contributed by atoms with Gasteiger partial charge >= 0.3 is 12.1 Å². The second-order valence-electron chi connectivity index (χ2n) is 3.43. The molecule has 102 valence electrons. The van der Waals surface area contributed by atoms with Gasteiger partial charge in [-0.15, -0.1) is 0 Å². The van der Waals surface area contributed by atoms with Crippen molar-refractivity contribution < 1.29 is 27.4 Å². The Kier molecular flexibility index (Phi) is 4.38. The first kappa shape index (κ1) is 14.8. The highest BCUT2D eigenvalue weighted by Gasteiger charge is 2.39. The predicted octanol–water partition coefficient (Wildman–Crippen LogP) is 2.76. The van der Waals surface area contributed by atoms with E-state index in [0.717, 1.165) is 12.1 Å². The van der Waals surface area contributed by atoms with Gasteiger partial charge in [0.2, 0.25) is 0 Å². The van der Waals surface area contributed by atoms with Gasteiger partial charge in [-0.2, -0.15) is 18.4 Å². The fraction of sp³-hybridized carbons (Fsp3) is 0.333. The second-order valence-corrected chi connectivity index (χ2v) is 3.43. The third-order valence-electron chi connectivity index (χ3n) is 2.25. The van der Waals surface area contributed by atoms with Gasteiger partial charge < -0.3 is 9.47 Å². The summed E-state index contributed by atoms with van der Waals surface area (Å²) in [6.45, 7) is 1.39. The Morgan fingerprint density at radius 2 is 2.05 bits per heavy atom. The van der Waals surface area contributed by atoms with Crippen LogP contribution in [0.1, 0.15) is 28.4 Å². The van der Waals surface area contributed by atoms with Crippen molar-refractivity contribution in [2.24, 2.45) is 0 Å². The van der Waals surface area contributed by atoms with Gasteiger partial charge in [-0.1, -0.05) is 0 Å². The van der Waals surface area contributed by atoms with E-state index in [2.05, 4.69) is 4.74 Å². The molecule has 0 saturated heterocycles. The van der Waals surface area contributed by atoms with Crippen LogP contribution in [0, 0.1) is 11.3 Å². The van der Waals surface area contributed by atoms with Crippen LogP contribution in [0.4, 0.5) is 13.2 Å². The summed E-state index contributed by atoms with van der Waals surface area (Å²) in [4.78, 5) is 11.6. The summed E-state index contributed by atoms with van der Waals surface area (Å²) in [7, 11) is 1.22. The zero-order chi connectivity index (χ0) is 14.6. The molecule has 7 heteroatoms. The monoisotopic (exact) mass is 273 g/mol. The Bertz CT molecular complexity index is 532. The van der Waals surface area contributed by atoms with Crippen LogP contribution in [-0.2, 0) is 10.9 Å². The van der Waals surface area contributed by atoms with Gasteiger partial charge in [0, 0.05) is 0 Å². The molecular formula is C12H10F3NO3. The van der Waals surface area contributed by atoms with Gasteiger partial charge in [0.15, 0.2) is 0 Å². The summed E-state index contributed by atoms with van der Waals surface area (Å²) >= 11 is 0. The summed E-state index contributed by atoms with van der Waals surface area (Å²) in [5, 5.41) is 8.78. The number of ether oxygens (including phenoxy) is 2. The van der Waals surface area contributed by atoms with Crippen molar-refractivity contribution in [1.82, 2.24) is 0 Å². The minimum Gasteiger partial charge on any atom is -0.497 e. The first-order chi connectivity index (χ1) is 8.85. The zero-order valence-electron chi connectivity index (χ0n) is 10.2. The van der Waals surface area contributed by atoms with E-state index in [9.17, 15) is 18.0 Å². The average molecular weight is 273 g/mol. The van der Waals surface area contributed by atoms with E-state index in [1.165, 1.54) is 20.1 Å². The van der Waals surface area contributed by atoms with Crippen molar-refractivity contribution in [2.75, 3.05) is 13.7 Å². The number of nitrogens with zero attached hydrogens (tertiary/aromatic N) is 1. The number of methoxy groups -OCH3 is 1. The quantitative estimate of drug-likeness (QED) is 0.794. The number of alkyl halides is 3. The molecule has 0 radical (unpaired) electrons. The molecule has 0 aliphatic heterocycles. The fourth-order valence-corrected chi connectivity index (χ4v) is 1.50. The van der Waals surface area contributed by atoms with E-state index >= 15 is 0 Å². The molecule has 0 aliphatic rings. The highest BCUT2D eigenvalue weighted by molar-refractivity contribution is 5.92. The number of nitriles is 1.